The van der Waals surface area contributed by atoms with Crippen molar-refractivity contribution in [3.8, 4) is 5.75 Å². The molecule has 3 heterocycles. The molecule has 8 nitrogen and oxygen atoms in total. The second-order valence-corrected chi connectivity index (χ2v) is 7.06. The number of amides is 1. The molecule has 8 heteroatoms. The SMILES string of the molecule is CN(CC1Cc2ccccc2O1)C(=O)c1cn(CCN2CCOCC2)nn1. The molecule has 1 unspecified atom stereocenters. The third kappa shape index (κ3) is 4.28. The summed E-state index contributed by atoms with van der Waals surface area (Å²) in [7, 11) is 1.78. The van der Waals surface area contributed by atoms with E-state index in [9.17, 15) is 4.79 Å². The number of benzene rings is 1. The van der Waals surface area contributed by atoms with Gasteiger partial charge >= 0.3 is 0 Å². The van der Waals surface area contributed by atoms with E-state index in [1.807, 2.05) is 18.2 Å². The van der Waals surface area contributed by atoms with Crippen molar-refractivity contribution in [1.29, 1.82) is 0 Å². The maximum absolute atomic E-state index is 12.7. The summed E-state index contributed by atoms with van der Waals surface area (Å²) >= 11 is 0. The van der Waals surface area contributed by atoms with Crippen molar-refractivity contribution in [2.75, 3.05) is 46.4 Å². The van der Waals surface area contributed by atoms with Crippen LogP contribution in [0.2, 0.25) is 0 Å². The summed E-state index contributed by atoms with van der Waals surface area (Å²) in [6.45, 7) is 5.54. The topological polar surface area (TPSA) is 72.7 Å². The molecule has 0 bridgehead atoms. The molecule has 1 aromatic carbocycles. The predicted molar refractivity (Wildman–Crippen MR) is 98.8 cm³/mol. The lowest BCUT2D eigenvalue weighted by atomic mass is 10.1. The molecule has 2 aliphatic rings. The Hall–Kier alpha value is -2.45. The van der Waals surface area contributed by atoms with E-state index in [0.29, 0.717) is 18.8 Å². The molecular formula is C19H25N5O3. The number of aromatic nitrogens is 3. The molecule has 27 heavy (non-hydrogen) atoms. The fourth-order valence-electron chi connectivity index (χ4n) is 3.51. The third-order valence-corrected chi connectivity index (χ3v) is 5.04. The van der Waals surface area contributed by atoms with Crippen molar-refractivity contribution in [1.82, 2.24) is 24.8 Å². The average molecular weight is 371 g/mol. The van der Waals surface area contributed by atoms with E-state index < -0.39 is 0 Å². The first-order valence-electron chi connectivity index (χ1n) is 9.39. The van der Waals surface area contributed by atoms with Crippen LogP contribution in [-0.2, 0) is 17.7 Å². The van der Waals surface area contributed by atoms with Crippen molar-refractivity contribution < 1.29 is 14.3 Å². The molecule has 0 aliphatic carbocycles. The minimum absolute atomic E-state index is 0.0206. The number of ether oxygens (including phenoxy) is 2. The van der Waals surface area contributed by atoms with Gasteiger partial charge in [0.1, 0.15) is 11.9 Å². The second-order valence-electron chi connectivity index (χ2n) is 7.06. The molecule has 0 spiro atoms. The van der Waals surface area contributed by atoms with Crippen LogP contribution in [0.4, 0.5) is 0 Å². The number of carbonyl (C=O) groups excluding carboxylic acids is 1. The van der Waals surface area contributed by atoms with Crippen LogP contribution in [0, 0.1) is 0 Å². The van der Waals surface area contributed by atoms with Gasteiger partial charge in [0.25, 0.3) is 5.91 Å². The Balaban J connectivity index is 1.28. The minimum Gasteiger partial charge on any atom is -0.488 e. The molecule has 2 aliphatic heterocycles. The summed E-state index contributed by atoms with van der Waals surface area (Å²) in [5.41, 5.74) is 1.56. The van der Waals surface area contributed by atoms with Gasteiger partial charge in [-0.1, -0.05) is 23.4 Å². The number of rotatable bonds is 6. The van der Waals surface area contributed by atoms with E-state index in [-0.39, 0.29) is 12.0 Å². The number of fused-ring (bicyclic) bond motifs is 1. The van der Waals surface area contributed by atoms with Gasteiger partial charge in [0, 0.05) is 33.1 Å². The number of hydrogen-bond acceptors (Lipinski definition) is 6. The summed E-state index contributed by atoms with van der Waals surface area (Å²) in [4.78, 5) is 16.6. The van der Waals surface area contributed by atoms with Gasteiger partial charge in [-0.25, -0.2) is 0 Å². The molecule has 1 atom stereocenters. The van der Waals surface area contributed by atoms with Crippen LogP contribution in [0.3, 0.4) is 0 Å². The Bertz CT molecular complexity index is 762. The number of hydrogen-bond donors (Lipinski definition) is 0. The number of carbonyl (C=O) groups is 1. The van der Waals surface area contributed by atoms with Crippen LogP contribution in [0.5, 0.6) is 5.75 Å². The van der Waals surface area contributed by atoms with Crippen molar-refractivity contribution in [2.24, 2.45) is 0 Å². The van der Waals surface area contributed by atoms with Gasteiger partial charge in [0.15, 0.2) is 5.69 Å². The van der Waals surface area contributed by atoms with Gasteiger partial charge in [-0.3, -0.25) is 14.4 Å². The molecule has 1 fully saturated rings. The molecule has 0 N–H and O–H groups in total. The van der Waals surface area contributed by atoms with Crippen LogP contribution >= 0.6 is 0 Å². The average Bonchev–Trinajstić information content (AvgIpc) is 3.33. The molecule has 1 aromatic heterocycles. The first-order chi connectivity index (χ1) is 13.2. The lowest BCUT2D eigenvalue weighted by Gasteiger charge is -2.26. The lowest BCUT2D eigenvalue weighted by Crippen LogP contribution is -2.38. The highest BCUT2D eigenvalue weighted by atomic mass is 16.5. The Labute approximate surface area is 158 Å². The van der Waals surface area contributed by atoms with E-state index in [2.05, 4.69) is 21.3 Å². The Kier molecular flexibility index (Phi) is 5.35. The van der Waals surface area contributed by atoms with Crippen LogP contribution < -0.4 is 4.74 Å². The predicted octanol–water partition coefficient (Wildman–Crippen LogP) is 0.686. The van der Waals surface area contributed by atoms with E-state index >= 15 is 0 Å². The first-order valence-corrected chi connectivity index (χ1v) is 9.39. The van der Waals surface area contributed by atoms with E-state index in [0.717, 1.165) is 45.0 Å². The van der Waals surface area contributed by atoms with Crippen molar-refractivity contribution >= 4 is 5.91 Å². The third-order valence-electron chi connectivity index (χ3n) is 5.04. The second kappa shape index (κ2) is 8.06. The van der Waals surface area contributed by atoms with Crippen molar-refractivity contribution in [3.63, 3.8) is 0 Å². The van der Waals surface area contributed by atoms with Crippen molar-refractivity contribution in [3.05, 3.63) is 41.7 Å². The van der Waals surface area contributed by atoms with E-state index in [1.165, 1.54) is 5.56 Å². The fourth-order valence-corrected chi connectivity index (χ4v) is 3.51. The summed E-state index contributed by atoms with van der Waals surface area (Å²) in [5.74, 6) is 0.782. The summed E-state index contributed by atoms with van der Waals surface area (Å²) in [6.07, 6.45) is 2.52. The largest absolute Gasteiger partial charge is 0.488 e. The molecule has 1 saturated heterocycles. The van der Waals surface area contributed by atoms with Gasteiger partial charge < -0.3 is 14.4 Å². The van der Waals surface area contributed by atoms with E-state index in [4.69, 9.17) is 9.47 Å². The minimum atomic E-state index is -0.132. The molecule has 1 amide bonds. The number of nitrogens with zero attached hydrogens (tertiary/aromatic N) is 5. The highest BCUT2D eigenvalue weighted by Gasteiger charge is 2.26. The quantitative estimate of drug-likeness (QED) is 0.744. The first kappa shape index (κ1) is 17.9. The molecule has 0 saturated carbocycles. The zero-order valence-electron chi connectivity index (χ0n) is 15.6. The van der Waals surface area contributed by atoms with Crippen LogP contribution in [0.25, 0.3) is 0 Å². The smallest absolute Gasteiger partial charge is 0.275 e. The van der Waals surface area contributed by atoms with Crippen LogP contribution in [0.15, 0.2) is 30.5 Å². The van der Waals surface area contributed by atoms with Crippen LogP contribution in [-0.4, -0.2) is 83.2 Å². The maximum atomic E-state index is 12.7. The molecule has 4 rings (SSSR count). The van der Waals surface area contributed by atoms with Gasteiger partial charge in [-0.05, 0) is 11.6 Å². The molecular weight excluding hydrogens is 346 g/mol. The number of likely N-dealkylation sites (N-methyl/N-ethyl adjacent to an activating group) is 1. The Morgan fingerprint density at radius 1 is 1.26 bits per heavy atom. The van der Waals surface area contributed by atoms with Gasteiger partial charge in [-0.15, -0.1) is 5.10 Å². The Morgan fingerprint density at radius 2 is 2.07 bits per heavy atom. The van der Waals surface area contributed by atoms with Gasteiger partial charge in [0.2, 0.25) is 0 Å². The van der Waals surface area contributed by atoms with Crippen molar-refractivity contribution in [2.45, 2.75) is 19.1 Å². The number of morpholine rings is 1. The standard InChI is InChI=1S/C19H25N5O3/c1-22(13-16-12-15-4-2-3-5-18(15)27-16)19(25)17-14-24(21-20-17)7-6-23-8-10-26-11-9-23/h2-5,14,16H,6-13H2,1H3. The summed E-state index contributed by atoms with van der Waals surface area (Å²) in [6, 6.07) is 8.01. The van der Waals surface area contributed by atoms with Gasteiger partial charge in [-0.2, -0.15) is 0 Å². The van der Waals surface area contributed by atoms with E-state index in [1.54, 1.807) is 22.8 Å². The maximum Gasteiger partial charge on any atom is 0.275 e. The zero-order chi connectivity index (χ0) is 18.6. The fraction of sp³-hybridized carbons (Fsp3) is 0.526. The monoisotopic (exact) mass is 371 g/mol. The zero-order valence-corrected chi connectivity index (χ0v) is 15.6. The molecule has 144 valence electrons. The van der Waals surface area contributed by atoms with Crippen LogP contribution in [0.1, 0.15) is 16.1 Å². The summed E-state index contributed by atoms with van der Waals surface area (Å²) < 4.78 is 13.0. The number of para-hydroxylation sites is 1. The molecule has 0 radical (unpaired) electrons. The Morgan fingerprint density at radius 3 is 2.89 bits per heavy atom. The van der Waals surface area contributed by atoms with Gasteiger partial charge in [0.05, 0.1) is 32.5 Å². The molecule has 2 aromatic rings. The lowest BCUT2D eigenvalue weighted by molar-refractivity contribution is 0.0359. The normalized spacial score (nSPS) is 19.5. The highest BCUT2D eigenvalue weighted by Crippen LogP contribution is 2.28. The summed E-state index contributed by atoms with van der Waals surface area (Å²) in [5, 5.41) is 8.15. The highest BCUT2D eigenvalue weighted by molar-refractivity contribution is 5.91.